The number of benzene rings is 1. The molecule has 0 spiro atoms. The van der Waals surface area contributed by atoms with Crippen molar-refractivity contribution >= 4 is 17.3 Å². The Kier molecular flexibility index (Phi) is 5.65. The number of ether oxygens (including phenoxy) is 1. The van der Waals surface area contributed by atoms with Gasteiger partial charge in [0.05, 0.1) is 29.6 Å². The minimum Gasteiger partial charge on any atom is -0.380 e. The zero-order chi connectivity index (χ0) is 15.2. The number of halogens is 1. The van der Waals surface area contributed by atoms with E-state index in [1.54, 1.807) is 7.11 Å². The lowest BCUT2D eigenvalue weighted by Gasteiger charge is -2.10. The molecule has 4 nitrogen and oxygen atoms in total. The van der Waals surface area contributed by atoms with Crippen LogP contribution < -0.4 is 5.32 Å². The van der Waals surface area contributed by atoms with Gasteiger partial charge in [0.1, 0.15) is 0 Å². The van der Waals surface area contributed by atoms with Gasteiger partial charge in [-0.15, -0.1) is 0 Å². The molecule has 1 heterocycles. The predicted molar refractivity (Wildman–Crippen MR) is 86.8 cm³/mol. The third-order valence-corrected chi connectivity index (χ3v) is 3.83. The summed E-state index contributed by atoms with van der Waals surface area (Å²) < 4.78 is 7.12. The summed E-state index contributed by atoms with van der Waals surface area (Å²) in [7, 11) is 1.70. The molecule has 0 unspecified atom stereocenters. The maximum absolute atomic E-state index is 6.41. The van der Waals surface area contributed by atoms with Crippen LogP contribution in [0.1, 0.15) is 30.8 Å². The lowest BCUT2D eigenvalue weighted by Crippen LogP contribution is -2.08. The molecule has 0 amide bonds. The summed E-state index contributed by atoms with van der Waals surface area (Å²) in [4.78, 5) is 0. The van der Waals surface area contributed by atoms with Crippen LogP contribution in [0.5, 0.6) is 0 Å². The number of hydrogen-bond donors (Lipinski definition) is 1. The van der Waals surface area contributed by atoms with Crippen molar-refractivity contribution in [1.29, 1.82) is 0 Å². The molecule has 1 aromatic heterocycles. The highest BCUT2D eigenvalue weighted by atomic mass is 35.5. The number of anilines is 1. The van der Waals surface area contributed by atoms with E-state index >= 15 is 0 Å². The zero-order valence-electron chi connectivity index (χ0n) is 12.8. The van der Waals surface area contributed by atoms with Gasteiger partial charge >= 0.3 is 0 Å². The van der Waals surface area contributed by atoms with Gasteiger partial charge in [0.2, 0.25) is 0 Å². The van der Waals surface area contributed by atoms with E-state index in [4.69, 9.17) is 16.3 Å². The Morgan fingerprint density at radius 3 is 2.81 bits per heavy atom. The first kappa shape index (κ1) is 15.9. The quantitative estimate of drug-likeness (QED) is 0.844. The summed E-state index contributed by atoms with van der Waals surface area (Å²) in [6, 6.07) is 8.20. The van der Waals surface area contributed by atoms with Gasteiger partial charge < -0.3 is 10.1 Å². The Bertz CT molecular complexity index is 595. The first-order valence-electron chi connectivity index (χ1n) is 7.25. The summed E-state index contributed by atoms with van der Waals surface area (Å²) >= 11 is 6.41. The van der Waals surface area contributed by atoms with Crippen molar-refractivity contribution in [1.82, 2.24) is 9.78 Å². The molecular formula is C16H22ClN3O. The van der Waals surface area contributed by atoms with Gasteiger partial charge in [0.25, 0.3) is 0 Å². The molecule has 2 rings (SSSR count). The molecule has 2 aromatic rings. The van der Waals surface area contributed by atoms with Crippen molar-refractivity contribution < 1.29 is 4.74 Å². The van der Waals surface area contributed by atoms with Crippen LogP contribution in [0.3, 0.4) is 0 Å². The Labute approximate surface area is 131 Å². The lowest BCUT2D eigenvalue weighted by molar-refractivity contribution is 0.185. The van der Waals surface area contributed by atoms with Gasteiger partial charge in [0, 0.05) is 19.3 Å². The molecule has 0 atom stereocenters. The monoisotopic (exact) mass is 307 g/mol. The van der Waals surface area contributed by atoms with Gasteiger partial charge in [-0.25, -0.2) is 0 Å². The Balaban J connectivity index is 2.12. The number of rotatable bonds is 7. The smallest absolute Gasteiger partial charge is 0.0868 e. The second kappa shape index (κ2) is 7.48. The summed E-state index contributed by atoms with van der Waals surface area (Å²) in [5, 5.41) is 8.72. The SMILES string of the molecule is CCc1nn(CC)c(CNc2cccc(COC)c2)c1Cl. The van der Waals surface area contributed by atoms with Crippen molar-refractivity contribution in [3.63, 3.8) is 0 Å². The van der Waals surface area contributed by atoms with Crippen LogP contribution in [-0.4, -0.2) is 16.9 Å². The largest absolute Gasteiger partial charge is 0.380 e. The van der Waals surface area contributed by atoms with E-state index in [2.05, 4.69) is 30.3 Å². The molecule has 1 N–H and O–H groups in total. The fraction of sp³-hybridized carbons (Fsp3) is 0.438. The molecule has 0 saturated carbocycles. The van der Waals surface area contributed by atoms with Crippen molar-refractivity contribution in [2.75, 3.05) is 12.4 Å². The second-order valence-electron chi connectivity index (χ2n) is 4.86. The zero-order valence-corrected chi connectivity index (χ0v) is 13.6. The van der Waals surface area contributed by atoms with E-state index < -0.39 is 0 Å². The van der Waals surface area contributed by atoms with Crippen LogP contribution in [0, 0.1) is 0 Å². The highest BCUT2D eigenvalue weighted by Gasteiger charge is 2.13. The molecule has 0 aliphatic carbocycles. The van der Waals surface area contributed by atoms with Crippen LogP contribution in [0.15, 0.2) is 24.3 Å². The molecule has 114 valence electrons. The summed E-state index contributed by atoms with van der Waals surface area (Å²) in [5.41, 5.74) is 4.20. The van der Waals surface area contributed by atoms with Crippen molar-refractivity contribution in [3.8, 4) is 0 Å². The molecule has 0 bridgehead atoms. The van der Waals surface area contributed by atoms with E-state index in [1.165, 1.54) is 0 Å². The number of hydrogen-bond acceptors (Lipinski definition) is 3. The van der Waals surface area contributed by atoms with Gasteiger partial charge in [-0.1, -0.05) is 30.7 Å². The normalized spacial score (nSPS) is 10.9. The lowest BCUT2D eigenvalue weighted by atomic mass is 10.2. The van der Waals surface area contributed by atoms with E-state index in [0.717, 1.165) is 40.6 Å². The topological polar surface area (TPSA) is 39.1 Å². The van der Waals surface area contributed by atoms with Crippen LogP contribution in [0.4, 0.5) is 5.69 Å². The molecule has 0 aliphatic heterocycles. The van der Waals surface area contributed by atoms with E-state index in [9.17, 15) is 0 Å². The Morgan fingerprint density at radius 1 is 1.33 bits per heavy atom. The number of methoxy groups -OCH3 is 1. The fourth-order valence-corrected chi connectivity index (χ4v) is 2.65. The second-order valence-corrected chi connectivity index (χ2v) is 5.24. The van der Waals surface area contributed by atoms with Crippen molar-refractivity contribution in [2.24, 2.45) is 0 Å². The van der Waals surface area contributed by atoms with Crippen molar-refractivity contribution in [3.05, 3.63) is 46.2 Å². The maximum Gasteiger partial charge on any atom is 0.0868 e. The first-order valence-corrected chi connectivity index (χ1v) is 7.63. The predicted octanol–water partition coefficient (Wildman–Crippen LogP) is 3.88. The third kappa shape index (κ3) is 3.77. The Morgan fingerprint density at radius 2 is 2.14 bits per heavy atom. The summed E-state index contributed by atoms with van der Waals surface area (Å²) in [6.07, 6.45) is 0.849. The molecule has 0 fully saturated rings. The molecule has 0 aliphatic rings. The van der Waals surface area contributed by atoms with Gasteiger partial charge in [-0.05, 0) is 31.0 Å². The van der Waals surface area contributed by atoms with Crippen molar-refractivity contribution in [2.45, 2.75) is 40.0 Å². The van der Waals surface area contributed by atoms with Crippen LogP contribution in [0.2, 0.25) is 5.02 Å². The van der Waals surface area contributed by atoms with E-state index in [0.29, 0.717) is 13.2 Å². The highest BCUT2D eigenvalue weighted by Crippen LogP contribution is 2.23. The van der Waals surface area contributed by atoms with Gasteiger partial charge in [-0.3, -0.25) is 4.68 Å². The highest BCUT2D eigenvalue weighted by molar-refractivity contribution is 6.31. The number of nitrogens with zero attached hydrogens (tertiary/aromatic N) is 2. The number of aromatic nitrogens is 2. The molecule has 5 heteroatoms. The number of aryl methyl sites for hydroxylation is 2. The van der Waals surface area contributed by atoms with Crippen LogP contribution >= 0.6 is 11.6 Å². The average Bonchev–Trinajstić information content (AvgIpc) is 2.81. The summed E-state index contributed by atoms with van der Waals surface area (Å²) in [6.45, 7) is 6.24. The fourth-order valence-electron chi connectivity index (χ4n) is 2.31. The average molecular weight is 308 g/mol. The van der Waals surface area contributed by atoms with Gasteiger partial charge in [-0.2, -0.15) is 5.10 Å². The molecule has 21 heavy (non-hydrogen) atoms. The maximum atomic E-state index is 6.41. The third-order valence-electron chi connectivity index (χ3n) is 3.39. The molecule has 1 aromatic carbocycles. The molecular weight excluding hydrogens is 286 g/mol. The molecule has 0 saturated heterocycles. The standard InChI is InChI=1S/C16H22ClN3O/c1-4-14-16(17)15(20(5-2)19-14)10-18-13-8-6-7-12(9-13)11-21-3/h6-9,18H,4-5,10-11H2,1-3H3. The first-order chi connectivity index (χ1) is 10.2. The van der Waals surface area contributed by atoms with E-state index in [1.807, 2.05) is 22.9 Å². The Hall–Kier alpha value is -1.52. The molecule has 0 radical (unpaired) electrons. The minimum absolute atomic E-state index is 0.614. The van der Waals surface area contributed by atoms with Gasteiger partial charge in [0.15, 0.2) is 0 Å². The number of nitrogens with one attached hydrogen (secondary N) is 1. The van der Waals surface area contributed by atoms with Crippen LogP contribution in [0.25, 0.3) is 0 Å². The van der Waals surface area contributed by atoms with E-state index in [-0.39, 0.29) is 0 Å². The minimum atomic E-state index is 0.614. The summed E-state index contributed by atoms with van der Waals surface area (Å²) in [5.74, 6) is 0. The van der Waals surface area contributed by atoms with Crippen LogP contribution in [-0.2, 0) is 30.9 Å².